The van der Waals surface area contributed by atoms with Crippen LogP contribution in [0.2, 0.25) is 0 Å². The third kappa shape index (κ3) is 4.24. The lowest BCUT2D eigenvalue weighted by Gasteiger charge is -2.06. The molecule has 1 aromatic carbocycles. The van der Waals surface area contributed by atoms with Crippen LogP contribution in [-0.4, -0.2) is 25.5 Å². The topological polar surface area (TPSA) is 67.4 Å². The van der Waals surface area contributed by atoms with Crippen molar-refractivity contribution in [1.82, 2.24) is 5.32 Å². The molecule has 5 heteroatoms. The molecule has 1 amide bonds. The third-order valence-electron chi connectivity index (χ3n) is 2.03. The Bertz CT molecular complexity index is 404. The van der Waals surface area contributed by atoms with Gasteiger partial charge < -0.3 is 15.4 Å². The normalized spacial score (nSPS) is 9.76. The summed E-state index contributed by atoms with van der Waals surface area (Å²) in [5, 5.41) is 5.49. The summed E-state index contributed by atoms with van der Waals surface area (Å²) in [6.07, 6.45) is 0. The van der Waals surface area contributed by atoms with Crippen LogP contribution in [0.1, 0.15) is 12.5 Å². The SMILES string of the molecule is CCOC(=O)C(=O)Nc1cccc(CNC)c1. The highest BCUT2D eigenvalue weighted by molar-refractivity contribution is 6.37. The average molecular weight is 236 g/mol. The monoisotopic (exact) mass is 236 g/mol. The van der Waals surface area contributed by atoms with Gasteiger partial charge in [0.1, 0.15) is 0 Å². The number of anilines is 1. The van der Waals surface area contributed by atoms with Crippen LogP contribution in [0.15, 0.2) is 24.3 Å². The first-order valence-electron chi connectivity index (χ1n) is 5.39. The number of esters is 1. The summed E-state index contributed by atoms with van der Waals surface area (Å²) in [6, 6.07) is 7.26. The van der Waals surface area contributed by atoms with Gasteiger partial charge in [-0.2, -0.15) is 0 Å². The van der Waals surface area contributed by atoms with Crippen LogP contribution in [0, 0.1) is 0 Å². The van der Waals surface area contributed by atoms with Crippen molar-refractivity contribution >= 4 is 17.6 Å². The fourth-order valence-corrected chi connectivity index (χ4v) is 1.34. The van der Waals surface area contributed by atoms with E-state index in [1.807, 2.05) is 19.2 Å². The Kier molecular flexibility index (Phi) is 5.16. The zero-order valence-corrected chi connectivity index (χ0v) is 9.95. The molecule has 2 N–H and O–H groups in total. The molecule has 0 unspecified atom stereocenters. The maximum Gasteiger partial charge on any atom is 0.397 e. The Morgan fingerprint density at radius 3 is 2.76 bits per heavy atom. The number of hydrogen-bond donors (Lipinski definition) is 2. The number of rotatable bonds is 4. The second-order valence-corrected chi connectivity index (χ2v) is 3.41. The lowest BCUT2D eigenvalue weighted by molar-refractivity contribution is -0.152. The van der Waals surface area contributed by atoms with Gasteiger partial charge in [-0.1, -0.05) is 12.1 Å². The highest BCUT2D eigenvalue weighted by Crippen LogP contribution is 2.10. The van der Waals surface area contributed by atoms with Crippen LogP contribution < -0.4 is 10.6 Å². The molecular formula is C12H16N2O3. The smallest absolute Gasteiger partial charge is 0.397 e. The molecule has 0 bridgehead atoms. The van der Waals surface area contributed by atoms with Crippen LogP contribution in [0.3, 0.4) is 0 Å². The van der Waals surface area contributed by atoms with E-state index in [-0.39, 0.29) is 6.61 Å². The molecule has 0 atom stereocenters. The van der Waals surface area contributed by atoms with E-state index in [9.17, 15) is 9.59 Å². The van der Waals surface area contributed by atoms with Crippen molar-refractivity contribution in [3.05, 3.63) is 29.8 Å². The summed E-state index contributed by atoms with van der Waals surface area (Å²) in [6.45, 7) is 2.54. The van der Waals surface area contributed by atoms with Gasteiger partial charge in [0.25, 0.3) is 0 Å². The molecule has 0 heterocycles. The number of carbonyl (C=O) groups excluding carboxylic acids is 2. The minimum atomic E-state index is -0.869. The van der Waals surface area contributed by atoms with Crippen molar-refractivity contribution in [2.75, 3.05) is 19.0 Å². The molecule has 0 spiro atoms. The van der Waals surface area contributed by atoms with Crippen molar-refractivity contribution in [1.29, 1.82) is 0 Å². The van der Waals surface area contributed by atoms with E-state index in [1.54, 1.807) is 19.1 Å². The molecule has 0 aromatic heterocycles. The van der Waals surface area contributed by atoms with Crippen LogP contribution in [0.25, 0.3) is 0 Å². The third-order valence-corrected chi connectivity index (χ3v) is 2.03. The van der Waals surface area contributed by atoms with Crippen molar-refractivity contribution < 1.29 is 14.3 Å². The number of amides is 1. The Morgan fingerprint density at radius 2 is 2.12 bits per heavy atom. The molecule has 0 aliphatic rings. The highest BCUT2D eigenvalue weighted by atomic mass is 16.5. The first-order valence-corrected chi connectivity index (χ1v) is 5.39. The summed E-state index contributed by atoms with van der Waals surface area (Å²) >= 11 is 0. The fraction of sp³-hybridized carbons (Fsp3) is 0.333. The Labute approximate surface area is 100 Å². The molecule has 1 rings (SSSR count). The van der Waals surface area contributed by atoms with Gasteiger partial charge in [-0.05, 0) is 31.7 Å². The number of ether oxygens (including phenoxy) is 1. The lowest BCUT2D eigenvalue weighted by Crippen LogP contribution is -2.25. The van der Waals surface area contributed by atoms with E-state index in [1.165, 1.54) is 0 Å². The molecule has 17 heavy (non-hydrogen) atoms. The van der Waals surface area contributed by atoms with Gasteiger partial charge in [0.15, 0.2) is 0 Å². The van der Waals surface area contributed by atoms with E-state index in [0.29, 0.717) is 12.2 Å². The Balaban J connectivity index is 2.64. The summed E-state index contributed by atoms with van der Waals surface area (Å²) in [7, 11) is 1.84. The van der Waals surface area contributed by atoms with Crippen LogP contribution in [0.4, 0.5) is 5.69 Å². The summed E-state index contributed by atoms with van der Waals surface area (Å²) in [4.78, 5) is 22.5. The number of hydrogen-bond acceptors (Lipinski definition) is 4. The largest absolute Gasteiger partial charge is 0.459 e. The predicted molar refractivity (Wildman–Crippen MR) is 64.5 cm³/mol. The summed E-state index contributed by atoms with van der Waals surface area (Å²) in [5.41, 5.74) is 1.60. The van der Waals surface area contributed by atoms with Crippen molar-refractivity contribution in [3.63, 3.8) is 0 Å². The van der Waals surface area contributed by atoms with Gasteiger partial charge in [0.05, 0.1) is 6.61 Å². The molecule has 0 aliphatic carbocycles. The lowest BCUT2D eigenvalue weighted by atomic mass is 10.2. The second-order valence-electron chi connectivity index (χ2n) is 3.41. The molecule has 0 saturated carbocycles. The maximum atomic E-state index is 11.4. The van der Waals surface area contributed by atoms with Gasteiger partial charge in [0, 0.05) is 12.2 Å². The molecule has 5 nitrogen and oxygen atoms in total. The molecule has 92 valence electrons. The maximum absolute atomic E-state index is 11.4. The van der Waals surface area contributed by atoms with E-state index < -0.39 is 11.9 Å². The molecule has 0 saturated heterocycles. The predicted octanol–water partition coefficient (Wildman–Crippen LogP) is 0.908. The van der Waals surface area contributed by atoms with Gasteiger partial charge >= 0.3 is 11.9 Å². The van der Waals surface area contributed by atoms with Gasteiger partial charge in [0.2, 0.25) is 0 Å². The minimum absolute atomic E-state index is 0.187. The van der Waals surface area contributed by atoms with Gasteiger partial charge in [-0.3, -0.25) is 4.79 Å². The van der Waals surface area contributed by atoms with E-state index in [0.717, 1.165) is 5.56 Å². The highest BCUT2D eigenvalue weighted by Gasteiger charge is 2.14. The number of nitrogens with one attached hydrogen (secondary N) is 2. The fourth-order valence-electron chi connectivity index (χ4n) is 1.34. The van der Waals surface area contributed by atoms with Gasteiger partial charge in [-0.15, -0.1) is 0 Å². The molecular weight excluding hydrogens is 220 g/mol. The summed E-state index contributed by atoms with van der Waals surface area (Å²) in [5.74, 6) is -1.63. The molecule has 0 radical (unpaired) electrons. The molecule has 0 aliphatic heterocycles. The number of benzene rings is 1. The van der Waals surface area contributed by atoms with Gasteiger partial charge in [-0.25, -0.2) is 4.79 Å². The van der Waals surface area contributed by atoms with E-state index in [4.69, 9.17) is 0 Å². The van der Waals surface area contributed by atoms with Crippen molar-refractivity contribution in [3.8, 4) is 0 Å². The molecule has 1 aromatic rings. The van der Waals surface area contributed by atoms with E-state index in [2.05, 4.69) is 15.4 Å². The van der Waals surface area contributed by atoms with Crippen LogP contribution in [-0.2, 0) is 20.9 Å². The summed E-state index contributed by atoms with van der Waals surface area (Å²) < 4.78 is 4.59. The zero-order chi connectivity index (χ0) is 12.7. The van der Waals surface area contributed by atoms with E-state index >= 15 is 0 Å². The zero-order valence-electron chi connectivity index (χ0n) is 9.95. The van der Waals surface area contributed by atoms with Crippen molar-refractivity contribution in [2.24, 2.45) is 0 Å². The first kappa shape index (κ1) is 13.2. The first-order chi connectivity index (χ1) is 8.17. The standard InChI is InChI=1S/C12H16N2O3/c1-3-17-12(16)11(15)14-10-6-4-5-9(7-10)8-13-2/h4-7,13H,3,8H2,1-2H3,(H,14,15). The van der Waals surface area contributed by atoms with Crippen LogP contribution in [0.5, 0.6) is 0 Å². The Hall–Kier alpha value is -1.88. The minimum Gasteiger partial charge on any atom is -0.459 e. The number of carbonyl (C=O) groups is 2. The Morgan fingerprint density at radius 1 is 1.35 bits per heavy atom. The molecule has 0 fully saturated rings. The van der Waals surface area contributed by atoms with Crippen molar-refractivity contribution in [2.45, 2.75) is 13.5 Å². The quantitative estimate of drug-likeness (QED) is 0.602. The second kappa shape index (κ2) is 6.65. The average Bonchev–Trinajstić information content (AvgIpc) is 2.30. The van der Waals surface area contributed by atoms with Crippen LogP contribution >= 0.6 is 0 Å².